The van der Waals surface area contributed by atoms with Crippen molar-refractivity contribution in [3.8, 4) is 11.5 Å². The SMILES string of the molecule is COc1cccc(COc2ccncc2CNC2CC2)c1. The van der Waals surface area contributed by atoms with E-state index in [0.717, 1.165) is 29.2 Å². The molecule has 0 radical (unpaired) electrons. The Morgan fingerprint density at radius 3 is 3.00 bits per heavy atom. The predicted octanol–water partition coefficient (Wildman–Crippen LogP) is 2.92. The Labute approximate surface area is 125 Å². The van der Waals surface area contributed by atoms with Crippen LogP contribution in [0.15, 0.2) is 42.7 Å². The zero-order chi connectivity index (χ0) is 14.5. The van der Waals surface area contributed by atoms with E-state index < -0.39 is 0 Å². The summed E-state index contributed by atoms with van der Waals surface area (Å²) in [4.78, 5) is 4.19. The van der Waals surface area contributed by atoms with Crippen LogP contribution < -0.4 is 14.8 Å². The maximum absolute atomic E-state index is 5.94. The number of benzene rings is 1. The van der Waals surface area contributed by atoms with Crippen LogP contribution in [0.3, 0.4) is 0 Å². The van der Waals surface area contributed by atoms with Crippen molar-refractivity contribution in [3.05, 3.63) is 53.9 Å². The fourth-order valence-corrected chi connectivity index (χ4v) is 2.15. The molecule has 0 saturated heterocycles. The molecule has 1 aliphatic rings. The van der Waals surface area contributed by atoms with Crippen LogP contribution in [0.25, 0.3) is 0 Å². The van der Waals surface area contributed by atoms with Gasteiger partial charge in [0.25, 0.3) is 0 Å². The van der Waals surface area contributed by atoms with Gasteiger partial charge < -0.3 is 14.8 Å². The summed E-state index contributed by atoms with van der Waals surface area (Å²) in [6, 6.07) is 10.5. The Morgan fingerprint density at radius 2 is 2.19 bits per heavy atom. The first kappa shape index (κ1) is 13.9. The number of hydrogen-bond acceptors (Lipinski definition) is 4. The third-order valence-corrected chi connectivity index (χ3v) is 3.55. The molecule has 4 nitrogen and oxygen atoms in total. The normalized spacial score (nSPS) is 14.0. The molecular formula is C17H20N2O2. The molecule has 0 aliphatic heterocycles. The highest BCUT2D eigenvalue weighted by molar-refractivity contribution is 5.32. The molecule has 4 heteroatoms. The molecule has 21 heavy (non-hydrogen) atoms. The Hall–Kier alpha value is -2.07. The first-order valence-corrected chi connectivity index (χ1v) is 7.27. The second kappa shape index (κ2) is 6.59. The van der Waals surface area contributed by atoms with Gasteiger partial charge in [0.15, 0.2) is 0 Å². The lowest BCUT2D eigenvalue weighted by Gasteiger charge is -2.12. The Balaban J connectivity index is 1.63. The van der Waals surface area contributed by atoms with Crippen molar-refractivity contribution >= 4 is 0 Å². The highest BCUT2D eigenvalue weighted by Gasteiger charge is 2.20. The zero-order valence-electron chi connectivity index (χ0n) is 12.2. The topological polar surface area (TPSA) is 43.4 Å². The van der Waals surface area contributed by atoms with Crippen molar-refractivity contribution in [1.82, 2.24) is 10.3 Å². The molecule has 0 bridgehead atoms. The lowest BCUT2D eigenvalue weighted by molar-refractivity contribution is 0.300. The number of rotatable bonds is 7. The van der Waals surface area contributed by atoms with Crippen molar-refractivity contribution in [2.75, 3.05) is 7.11 Å². The summed E-state index contributed by atoms with van der Waals surface area (Å²) < 4.78 is 11.2. The van der Waals surface area contributed by atoms with Crippen LogP contribution in [0, 0.1) is 0 Å². The standard InChI is InChI=1S/C17H20N2O2/c1-20-16-4-2-3-13(9-16)12-21-17-7-8-18-10-14(17)11-19-15-5-6-15/h2-4,7-10,15,19H,5-6,11-12H2,1H3. The van der Waals surface area contributed by atoms with Gasteiger partial charge in [-0.25, -0.2) is 0 Å². The largest absolute Gasteiger partial charge is 0.497 e. The van der Waals surface area contributed by atoms with Crippen molar-refractivity contribution in [2.45, 2.75) is 32.0 Å². The summed E-state index contributed by atoms with van der Waals surface area (Å²) in [6.07, 6.45) is 6.19. The predicted molar refractivity (Wildman–Crippen MR) is 81.4 cm³/mol. The third kappa shape index (κ3) is 3.95. The van der Waals surface area contributed by atoms with Gasteiger partial charge in [0.05, 0.1) is 7.11 Å². The van der Waals surface area contributed by atoms with Gasteiger partial charge in [0.1, 0.15) is 18.1 Å². The molecule has 1 saturated carbocycles. The van der Waals surface area contributed by atoms with E-state index in [0.29, 0.717) is 12.6 Å². The van der Waals surface area contributed by atoms with E-state index in [9.17, 15) is 0 Å². The molecule has 3 rings (SSSR count). The average Bonchev–Trinajstić information content (AvgIpc) is 3.36. The molecule has 1 aliphatic carbocycles. The highest BCUT2D eigenvalue weighted by Crippen LogP contribution is 2.23. The van der Waals surface area contributed by atoms with E-state index in [4.69, 9.17) is 9.47 Å². The van der Waals surface area contributed by atoms with E-state index in [2.05, 4.69) is 10.3 Å². The smallest absolute Gasteiger partial charge is 0.127 e. The molecule has 1 aromatic heterocycles. The first-order chi connectivity index (χ1) is 10.3. The zero-order valence-corrected chi connectivity index (χ0v) is 12.2. The summed E-state index contributed by atoms with van der Waals surface area (Å²) in [5, 5.41) is 3.49. The molecule has 110 valence electrons. The molecule has 0 amide bonds. The van der Waals surface area contributed by atoms with Gasteiger partial charge in [-0.1, -0.05) is 12.1 Å². The van der Waals surface area contributed by atoms with Crippen LogP contribution in [0.1, 0.15) is 24.0 Å². The van der Waals surface area contributed by atoms with Crippen LogP contribution in [-0.4, -0.2) is 18.1 Å². The van der Waals surface area contributed by atoms with Crippen LogP contribution in [0.2, 0.25) is 0 Å². The van der Waals surface area contributed by atoms with Gasteiger partial charge >= 0.3 is 0 Å². The molecule has 0 atom stereocenters. The molecule has 1 heterocycles. The minimum atomic E-state index is 0.525. The number of nitrogens with one attached hydrogen (secondary N) is 1. The minimum Gasteiger partial charge on any atom is -0.497 e. The number of methoxy groups -OCH3 is 1. The van der Waals surface area contributed by atoms with Crippen molar-refractivity contribution in [3.63, 3.8) is 0 Å². The lowest BCUT2D eigenvalue weighted by Crippen LogP contribution is -2.16. The second-order valence-electron chi connectivity index (χ2n) is 5.28. The van der Waals surface area contributed by atoms with Gasteiger partial charge in [-0.05, 0) is 36.6 Å². The lowest BCUT2D eigenvalue weighted by atomic mass is 10.2. The summed E-state index contributed by atoms with van der Waals surface area (Å²) in [7, 11) is 1.67. The molecule has 0 spiro atoms. The average molecular weight is 284 g/mol. The molecule has 1 aromatic carbocycles. The summed E-state index contributed by atoms with van der Waals surface area (Å²) >= 11 is 0. The first-order valence-electron chi connectivity index (χ1n) is 7.27. The molecular weight excluding hydrogens is 264 g/mol. The van der Waals surface area contributed by atoms with Gasteiger partial charge in [0.2, 0.25) is 0 Å². The van der Waals surface area contributed by atoms with Crippen molar-refractivity contribution < 1.29 is 9.47 Å². The van der Waals surface area contributed by atoms with E-state index >= 15 is 0 Å². The fraction of sp³-hybridized carbons (Fsp3) is 0.353. The van der Waals surface area contributed by atoms with E-state index in [1.165, 1.54) is 12.8 Å². The van der Waals surface area contributed by atoms with Gasteiger partial charge in [-0.3, -0.25) is 4.98 Å². The van der Waals surface area contributed by atoms with Crippen molar-refractivity contribution in [1.29, 1.82) is 0 Å². The fourth-order valence-electron chi connectivity index (χ4n) is 2.15. The summed E-state index contributed by atoms with van der Waals surface area (Å²) in [5.41, 5.74) is 2.19. The number of hydrogen-bond donors (Lipinski definition) is 1. The Kier molecular flexibility index (Phi) is 4.36. The van der Waals surface area contributed by atoms with Crippen molar-refractivity contribution in [2.24, 2.45) is 0 Å². The van der Waals surface area contributed by atoms with Crippen LogP contribution in [-0.2, 0) is 13.2 Å². The highest BCUT2D eigenvalue weighted by atomic mass is 16.5. The molecule has 1 N–H and O–H groups in total. The maximum atomic E-state index is 5.94. The van der Waals surface area contributed by atoms with Crippen LogP contribution in [0.5, 0.6) is 11.5 Å². The quantitative estimate of drug-likeness (QED) is 0.849. The Bertz CT molecular complexity index is 597. The van der Waals surface area contributed by atoms with E-state index in [1.807, 2.05) is 36.5 Å². The van der Waals surface area contributed by atoms with Crippen LogP contribution >= 0.6 is 0 Å². The molecule has 1 fully saturated rings. The van der Waals surface area contributed by atoms with E-state index in [-0.39, 0.29) is 0 Å². The maximum Gasteiger partial charge on any atom is 0.127 e. The molecule has 2 aromatic rings. The second-order valence-corrected chi connectivity index (χ2v) is 5.28. The third-order valence-electron chi connectivity index (χ3n) is 3.55. The van der Waals surface area contributed by atoms with Gasteiger partial charge in [0, 0.05) is 30.5 Å². The Morgan fingerprint density at radius 1 is 1.29 bits per heavy atom. The van der Waals surface area contributed by atoms with E-state index in [1.54, 1.807) is 13.3 Å². The van der Waals surface area contributed by atoms with Gasteiger partial charge in [-0.15, -0.1) is 0 Å². The number of pyridine rings is 1. The van der Waals surface area contributed by atoms with Crippen LogP contribution in [0.4, 0.5) is 0 Å². The number of nitrogens with zero attached hydrogens (tertiary/aromatic N) is 1. The molecule has 0 unspecified atom stereocenters. The summed E-state index contributed by atoms with van der Waals surface area (Å²) in [6.45, 7) is 1.34. The number of ether oxygens (including phenoxy) is 2. The number of aromatic nitrogens is 1. The summed E-state index contributed by atoms with van der Waals surface area (Å²) in [5.74, 6) is 1.74. The monoisotopic (exact) mass is 284 g/mol. The van der Waals surface area contributed by atoms with Gasteiger partial charge in [-0.2, -0.15) is 0 Å². The minimum absolute atomic E-state index is 0.525.